The van der Waals surface area contributed by atoms with Crippen molar-refractivity contribution in [1.82, 2.24) is 19.8 Å². The molecule has 3 aromatic rings. The highest BCUT2D eigenvalue weighted by atomic mass is 35.5. The number of carbonyl (C=O) groups excluding carboxylic acids is 3. The smallest absolute Gasteiger partial charge is 0.328 e. The maximum atomic E-state index is 13.1. The van der Waals surface area contributed by atoms with Crippen molar-refractivity contribution in [3.05, 3.63) is 81.9 Å². The van der Waals surface area contributed by atoms with E-state index in [1.165, 1.54) is 24.9 Å². The van der Waals surface area contributed by atoms with Gasteiger partial charge in [0.2, 0.25) is 11.8 Å². The first-order valence-corrected chi connectivity index (χ1v) is 15.7. The van der Waals surface area contributed by atoms with E-state index >= 15 is 0 Å². The number of piperidine rings is 1. The van der Waals surface area contributed by atoms with Gasteiger partial charge in [0.25, 0.3) is 0 Å². The summed E-state index contributed by atoms with van der Waals surface area (Å²) in [6.45, 7) is 1.43. The molecular weight excluding hydrogens is 611 g/mol. The summed E-state index contributed by atoms with van der Waals surface area (Å²) in [5.74, 6) is -0.506. The number of ether oxygens (including phenoxy) is 2. The van der Waals surface area contributed by atoms with Crippen LogP contribution in [0, 0.1) is 5.92 Å². The number of halogens is 2. The van der Waals surface area contributed by atoms with Crippen LogP contribution in [-0.2, 0) is 32.1 Å². The van der Waals surface area contributed by atoms with Crippen molar-refractivity contribution in [2.45, 2.75) is 36.7 Å². The van der Waals surface area contributed by atoms with Gasteiger partial charge in [-0.2, -0.15) is 0 Å². The maximum absolute atomic E-state index is 13.1. The zero-order chi connectivity index (χ0) is 30.9. The molecule has 0 spiro atoms. The number of aromatic nitrogens is 2. The highest BCUT2D eigenvalue weighted by molar-refractivity contribution is 7.98. The Morgan fingerprint density at radius 3 is 2.47 bits per heavy atom. The lowest BCUT2D eigenvalue weighted by Crippen LogP contribution is -2.48. The third kappa shape index (κ3) is 8.55. The molecule has 4 rings (SSSR count). The normalized spacial score (nSPS) is 14.5. The van der Waals surface area contributed by atoms with Crippen LogP contribution in [0.15, 0.2) is 59.9 Å². The van der Waals surface area contributed by atoms with E-state index in [1.54, 1.807) is 24.4 Å². The molecule has 2 amide bonds. The molecule has 1 saturated heterocycles. The number of hydrogen-bond acceptors (Lipinski definition) is 7. The van der Waals surface area contributed by atoms with Crippen LogP contribution in [0.3, 0.4) is 0 Å². The van der Waals surface area contributed by atoms with Crippen molar-refractivity contribution < 1.29 is 23.9 Å². The molecule has 0 radical (unpaired) electrons. The van der Waals surface area contributed by atoms with Crippen molar-refractivity contribution in [2.24, 2.45) is 5.92 Å². The van der Waals surface area contributed by atoms with E-state index in [2.05, 4.69) is 10.3 Å². The van der Waals surface area contributed by atoms with E-state index in [4.69, 9.17) is 32.7 Å². The van der Waals surface area contributed by atoms with Crippen LogP contribution in [0.1, 0.15) is 29.7 Å². The van der Waals surface area contributed by atoms with Gasteiger partial charge in [0, 0.05) is 49.1 Å². The summed E-state index contributed by atoms with van der Waals surface area (Å²) in [6.07, 6.45) is 9.73. The molecule has 2 aromatic carbocycles. The van der Waals surface area contributed by atoms with Gasteiger partial charge in [0.15, 0.2) is 0 Å². The average Bonchev–Trinajstić information content (AvgIpc) is 3.47. The number of hydrogen-bond donors (Lipinski definition) is 1. The molecule has 1 unspecified atom stereocenters. The SMILES string of the molecule is COC(=O)C(Cc1cn(Cc2ccc(OC)cc2)cn1)NC(=O)C1CCN(C(=O)C=Cc2ccc(SC)c(Cl)c2Cl)CC1. The van der Waals surface area contributed by atoms with Gasteiger partial charge < -0.3 is 24.3 Å². The van der Waals surface area contributed by atoms with Crippen LogP contribution in [0.2, 0.25) is 10.0 Å². The first-order valence-electron chi connectivity index (χ1n) is 13.7. The monoisotopic (exact) mass is 644 g/mol. The Balaban J connectivity index is 1.30. The topological polar surface area (TPSA) is 103 Å². The minimum atomic E-state index is -0.876. The first kappa shape index (κ1) is 32.4. The van der Waals surface area contributed by atoms with Crippen molar-refractivity contribution in [3.8, 4) is 5.75 Å². The second kappa shape index (κ2) is 15.3. The van der Waals surface area contributed by atoms with Gasteiger partial charge in [-0.25, -0.2) is 9.78 Å². The number of nitrogens with one attached hydrogen (secondary N) is 1. The highest BCUT2D eigenvalue weighted by Crippen LogP contribution is 2.35. The Hall–Kier alpha value is -3.47. The van der Waals surface area contributed by atoms with Crippen molar-refractivity contribution in [1.29, 1.82) is 0 Å². The third-order valence-corrected chi connectivity index (χ3v) is 9.09. The fraction of sp³-hybridized carbons (Fsp3) is 0.355. The predicted octanol–water partition coefficient (Wildman–Crippen LogP) is 5.12. The maximum Gasteiger partial charge on any atom is 0.328 e. The summed E-state index contributed by atoms with van der Waals surface area (Å²) < 4.78 is 12.1. The average molecular weight is 646 g/mol. The van der Waals surface area contributed by atoms with Crippen molar-refractivity contribution in [3.63, 3.8) is 0 Å². The molecule has 1 N–H and O–H groups in total. The van der Waals surface area contributed by atoms with E-state index in [0.29, 0.717) is 53.8 Å². The molecule has 1 aliphatic heterocycles. The van der Waals surface area contributed by atoms with Gasteiger partial charge >= 0.3 is 5.97 Å². The molecule has 1 atom stereocenters. The Labute approximate surface area is 265 Å². The summed E-state index contributed by atoms with van der Waals surface area (Å²) in [5.41, 5.74) is 2.38. The number of carbonyl (C=O) groups is 3. The number of methoxy groups -OCH3 is 2. The Morgan fingerprint density at radius 1 is 1.09 bits per heavy atom. The van der Waals surface area contributed by atoms with Gasteiger partial charge in [-0.15, -0.1) is 11.8 Å². The highest BCUT2D eigenvalue weighted by Gasteiger charge is 2.30. The van der Waals surface area contributed by atoms with Gasteiger partial charge in [-0.1, -0.05) is 41.4 Å². The van der Waals surface area contributed by atoms with E-state index in [0.717, 1.165) is 16.2 Å². The molecule has 2 heterocycles. The second-order valence-corrected chi connectivity index (χ2v) is 11.7. The quantitative estimate of drug-likeness (QED) is 0.176. The summed E-state index contributed by atoms with van der Waals surface area (Å²) in [6, 6.07) is 10.5. The van der Waals surface area contributed by atoms with E-state index < -0.39 is 12.0 Å². The largest absolute Gasteiger partial charge is 0.497 e. The summed E-state index contributed by atoms with van der Waals surface area (Å²) >= 11 is 14.2. The van der Waals surface area contributed by atoms with E-state index in [1.807, 2.05) is 53.4 Å². The third-order valence-electron chi connectivity index (χ3n) is 7.31. The lowest BCUT2D eigenvalue weighted by molar-refractivity contribution is -0.145. The number of rotatable bonds is 11. The van der Waals surface area contributed by atoms with Crippen LogP contribution in [0.25, 0.3) is 6.08 Å². The Kier molecular flexibility index (Phi) is 11.6. The van der Waals surface area contributed by atoms with Crippen LogP contribution in [-0.4, -0.2) is 71.8 Å². The van der Waals surface area contributed by atoms with Crippen LogP contribution < -0.4 is 10.1 Å². The van der Waals surface area contributed by atoms with Crippen LogP contribution in [0.4, 0.5) is 0 Å². The fourth-order valence-corrected chi connectivity index (χ4v) is 6.01. The molecule has 0 bridgehead atoms. The second-order valence-electron chi connectivity index (χ2n) is 10.1. The van der Waals surface area contributed by atoms with Crippen molar-refractivity contribution >= 4 is 58.8 Å². The summed E-state index contributed by atoms with van der Waals surface area (Å²) in [7, 11) is 2.91. The number of benzene rings is 2. The lowest BCUT2D eigenvalue weighted by atomic mass is 9.95. The number of thioether (sulfide) groups is 1. The molecule has 228 valence electrons. The van der Waals surface area contributed by atoms with Crippen LogP contribution in [0.5, 0.6) is 5.75 Å². The minimum absolute atomic E-state index is 0.169. The molecule has 1 aromatic heterocycles. The van der Waals surface area contributed by atoms with E-state index in [-0.39, 0.29) is 24.2 Å². The summed E-state index contributed by atoms with van der Waals surface area (Å²) in [4.78, 5) is 45.5. The van der Waals surface area contributed by atoms with Gasteiger partial charge in [-0.05, 0) is 54.5 Å². The van der Waals surface area contributed by atoms with Crippen molar-refractivity contribution in [2.75, 3.05) is 33.6 Å². The molecule has 0 saturated carbocycles. The van der Waals surface area contributed by atoms with Crippen LogP contribution >= 0.6 is 35.0 Å². The Bertz CT molecular complexity index is 1470. The van der Waals surface area contributed by atoms with Gasteiger partial charge in [0.1, 0.15) is 11.8 Å². The summed E-state index contributed by atoms with van der Waals surface area (Å²) in [5, 5.41) is 3.71. The molecule has 1 aliphatic rings. The fourth-order valence-electron chi connectivity index (χ4n) is 4.84. The molecular formula is C31H34Cl2N4O5S. The molecule has 0 aliphatic carbocycles. The number of nitrogens with zero attached hydrogens (tertiary/aromatic N) is 3. The molecule has 12 heteroatoms. The lowest BCUT2D eigenvalue weighted by Gasteiger charge is -2.31. The number of esters is 1. The van der Waals surface area contributed by atoms with Gasteiger partial charge in [-0.3, -0.25) is 9.59 Å². The molecule has 9 nitrogen and oxygen atoms in total. The Morgan fingerprint density at radius 2 is 1.81 bits per heavy atom. The number of likely N-dealkylation sites (tertiary alicyclic amines) is 1. The van der Waals surface area contributed by atoms with Gasteiger partial charge in [0.05, 0.1) is 36.3 Å². The number of imidazole rings is 1. The first-order chi connectivity index (χ1) is 20.7. The minimum Gasteiger partial charge on any atom is -0.497 e. The zero-order valence-corrected chi connectivity index (χ0v) is 26.5. The molecule has 43 heavy (non-hydrogen) atoms. The van der Waals surface area contributed by atoms with E-state index in [9.17, 15) is 14.4 Å². The number of amides is 2. The zero-order valence-electron chi connectivity index (χ0n) is 24.2. The molecule has 1 fully saturated rings. The predicted molar refractivity (Wildman–Crippen MR) is 169 cm³/mol. The standard InChI is InChI=1S/C31H34Cl2N4O5S/c1-41-24-8-4-20(5-9-24)17-36-18-23(34-19-36)16-25(31(40)42-2)35-30(39)22-12-14-37(15-13-22)27(38)11-7-21-6-10-26(43-3)29(33)28(21)32/h4-11,18-19,22,25H,12-17H2,1-3H3,(H,35,39).